The van der Waals surface area contributed by atoms with Crippen LogP contribution in [0.15, 0.2) is 24.7 Å². The van der Waals surface area contributed by atoms with Gasteiger partial charge in [0.25, 0.3) is 0 Å². The summed E-state index contributed by atoms with van der Waals surface area (Å²) in [4.78, 5) is 19.2. The van der Waals surface area contributed by atoms with Crippen molar-refractivity contribution in [2.45, 2.75) is 6.92 Å². The number of hydrogen-bond donors (Lipinski definition) is 1. The zero-order valence-electron chi connectivity index (χ0n) is 9.20. The predicted molar refractivity (Wildman–Crippen MR) is 59.5 cm³/mol. The van der Waals surface area contributed by atoms with Crippen molar-refractivity contribution < 1.29 is 9.53 Å². The second kappa shape index (κ2) is 4.60. The van der Waals surface area contributed by atoms with E-state index in [1.165, 1.54) is 23.3 Å². The summed E-state index contributed by atoms with van der Waals surface area (Å²) in [6, 6.07) is 1.64. The second-order valence-corrected chi connectivity index (χ2v) is 3.17. The molecule has 0 amide bonds. The van der Waals surface area contributed by atoms with Gasteiger partial charge >= 0.3 is 5.97 Å². The summed E-state index contributed by atoms with van der Waals surface area (Å²) in [5.41, 5.74) is 5.82. The van der Waals surface area contributed by atoms with Gasteiger partial charge < -0.3 is 10.5 Å². The first-order valence-corrected chi connectivity index (χ1v) is 5.01. The molecule has 88 valence electrons. The summed E-state index contributed by atoms with van der Waals surface area (Å²) in [6.45, 7) is 2.07. The summed E-state index contributed by atoms with van der Waals surface area (Å²) in [5, 5.41) is 4.00. The molecule has 0 aromatic carbocycles. The van der Waals surface area contributed by atoms with E-state index in [1.807, 2.05) is 0 Å². The number of hydrogen-bond acceptors (Lipinski definition) is 6. The van der Waals surface area contributed by atoms with Crippen molar-refractivity contribution in [2.75, 3.05) is 12.3 Å². The normalized spacial score (nSPS) is 10.2. The first-order chi connectivity index (χ1) is 8.20. The number of rotatable bonds is 3. The number of carbonyl (C=O) groups excluding carboxylic acids is 1. The number of nitrogens with two attached hydrogens (primary N) is 1. The average molecular weight is 233 g/mol. The Labute approximate surface area is 97.2 Å². The molecule has 2 N–H and O–H groups in total. The average Bonchev–Trinajstić information content (AvgIpc) is 2.78. The van der Waals surface area contributed by atoms with E-state index in [4.69, 9.17) is 10.5 Å². The Kier molecular flexibility index (Phi) is 2.99. The van der Waals surface area contributed by atoms with Gasteiger partial charge in [-0.15, -0.1) is 0 Å². The molecule has 2 aromatic rings. The molecule has 17 heavy (non-hydrogen) atoms. The van der Waals surface area contributed by atoms with Crippen LogP contribution >= 0.6 is 0 Å². The summed E-state index contributed by atoms with van der Waals surface area (Å²) in [5.74, 6) is 0.226. The second-order valence-electron chi connectivity index (χ2n) is 3.17. The molecule has 0 bridgehead atoms. The molecule has 7 nitrogen and oxygen atoms in total. The van der Waals surface area contributed by atoms with Gasteiger partial charge in [-0.1, -0.05) is 0 Å². The predicted octanol–water partition coefficient (Wildman–Crippen LogP) is 0.421. The van der Waals surface area contributed by atoms with E-state index in [2.05, 4.69) is 15.1 Å². The Balaban J connectivity index is 2.27. The van der Waals surface area contributed by atoms with Crippen LogP contribution < -0.4 is 5.73 Å². The highest BCUT2D eigenvalue weighted by molar-refractivity contribution is 5.88. The molecule has 2 heterocycles. The summed E-state index contributed by atoms with van der Waals surface area (Å²) in [6.07, 6.45) is 4.46. The van der Waals surface area contributed by atoms with Crippen molar-refractivity contribution in [3.63, 3.8) is 0 Å². The minimum atomic E-state index is -0.416. The highest BCUT2D eigenvalue weighted by Crippen LogP contribution is 2.07. The van der Waals surface area contributed by atoms with Crippen LogP contribution in [0.4, 0.5) is 5.95 Å². The number of aromatic nitrogens is 4. The molecule has 0 aliphatic heterocycles. The molecule has 0 atom stereocenters. The monoisotopic (exact) mass is 233 g/mol. The smallest absolute Gasteiger partial charge is 0.341 e. The molecular formula is C10H11N5O2. The van der Waals surface area contributed by atoms with Gasteiger partial charge in [0.15, 0.2) is 5.82 Å². The van der Waals surface area contributed by atoms with Gasteiger partial charge in [-0.05, 0) is 6.92 Å². The topological polar surface area (TPSA) is 95.9 Å². The van der Waals surface area contributed by atoms with E-state index < -0.39 is 5.97 Å². The number of nitrogen functional groups attached to an aromatic ring is 1. The van der Waals surface area contributed by atoms with Crippen LogP contribution in [0.1, 0.15) is 17.3 Å². The molecule has 0 aliphatic carbocycles. The third-order valence-corrected chi connectivity index (χ3v) is 1.99. The lowest BCUT2D eigenvalue weighted by Crippen LogP contribution is -2.04. The van der Waals surface area contributed by atoms with Crippen molar-refractivity contribution in [2.24, 2.45) is 0 Å². The minimum Gasteiger partial charge on any atom is -0.462 e. The molecule has 0 unspecified atom stereocenters. The van der Waals surface area contributed by atoms with Crippen molar-refractivity contribution in [3.8, 4) is 5.82 Å². The summed E-state index contributed by atoms with van der Waals surface area (Å²) >= 11 is 0. The third kappa shape index (κ3) is 2.39. The SMILES string of the molecule is CCOC(=O)c1cnn(-c2ccnc(N)n2)c1. The molecule has 7 heteroatoms. The fourth-order valence-corrected chi connectivity index (χ4v) is 1.26. The van der Waals surface area contributed by atoms with Crippen LogP contribution in [0.3, 0.4) is 0 Å². The number of carbonyl (C=O) groups is 1. The van der Waals surface area contributed by atoms with Crippen LogP contribution in [0, 0.1) is 0 Å². The first kappa shape index (κ1) is 11.1. The van der Waals surface area contributed by atoms with Gasteiger partial charge in [0, 0.05) is 18.5 Å². The van der Waals surface area contributed by atoms with E-state index in [0.717, 1.165) is 0 Å². The fraction of sp³-hybridized carbons (Fsp3) is 0.200. The van der Waals surface area contributed by atoms with Gasteiger partial charge in [0.05, 0.1) is 18.4 Å². The quantitative estimate of drug-likeness (QED) is 0.772. The Morgan fingerprint density at radius 3 is 3.12 bits per heavy atom. The van der Waals surface area contributed by atoms with Crippen molar-refractivity contribution >= 4 is 11.9 Å². The highest BCUT2D eigenvalue weighted by atomic mass is 16.5. The van der Waals surface area contributed by atoms with Crippen molar-refractivity contribution in [1.29, 1.82) is 0 Å². The third-order valence-electron chi connectivity index (χ3n) is 1.99. The maximum atomic E-state index is 11.4. The van der Waals surface area contributed by atoms with Crippen LogP contribution in [-0.4, -0.2) is 32.3 Å². The van der Waals surface area contributed by atoms with Crippen LogP contribution in [0.25, 0.3) is 5.82 Å². The largest absolute Gasteiger partial charge is 0.462 e. The molecule has 2 aromatic heterocycles. The summed E-state index contributed by atoms with van der Waals surface area (Å²) in [7, 11) is 0. The van der Waals surface area contributed by atoms with E-state index >= 15 is 0 Å². The number of esters is 1. The fourth-order valence-electron chi connectivity index (χ4n) is 1.26. The molecule has 0 aliphatic rings. The van der Waals surface area contributed by atoms with Gasteiger partial charge in [0.2, 0.25) is 5.95 Å². The molecule has 0 spiro atoms. The molecule has 0 saturated carbocycles. The van der Waals surface area contributed by atoms with E-state index in [-0.39, 0.29) is 5.95 Å². The standard InChI is InChI=1S/C10H11N5O2/c1-2-17-9(16)7-5-13-15(6-7)8-3-4-12-10(11)14-8/h3-6H,2H2,1H3,(H2,11,12,14). The Morgan fingerprint density at radius 1 is 1.59 bits per heavy atom. The molecule has 0 fully saturated rings. The van der Waals surface area contributed by atoms with Gasteiger partial charge in [-0.2, -0.15) is 10.1 Å². The van der Waals surface area contributed by atoms with Crippen LogP contribution in [-0.2, 0) is 4.74 Å². The van der Waals surface area contributed by atoms with Gasteiger partial charge in [-0.25, -0.2) is 14.5 Å². The molecule has 0 saturated heterocycles. The zero-order chi connectivity index (χ0) is 12.3. The van der Waals surface area contributed by atoms with Crippen molar-refractivity contribution in [1.82, 2.24) is 19.7 Å². The van der Waals surface area contributed by atoms with E-state index in [9.17, 15) is 4.79 Å². The number of ether oxygens (including phenoxy) is 1. The maximum absolute atomic E-state index is 11.4. The lowest BCUT2D eigenvalue weighted by Gasteiger charge is -1.99. The molecule has 0 radical (unpaired) electrons. The molecule has 2 rings (SSSR count). The zero-order valence-corrected chi connectivity index (χ0v) is 9.20. The summed E-state index contributed by atoms with van der Waals surface area (Å²) < 4.78 is 6.29. The lowest BCUT2D eigenvalue weighted by molar-refractivity contribution is 0.0526. The van der Waals surface area contributed by atoms with Crippen LogP contribution in [0.5, 0.6) is 0 Å². The Bertz CT molecular complexity index is 537. The van der Waals surface area contributed by atoms with Gasteiger partial charge in [0.1, 0.15) is 0 Å². The van der Waals surface area contributed by atoms with E-state index in [1.54, 1.807) is 13.0 Å². The lowest BCUT2D eigenvalue weighted by atomic mass is 10.4. The number of nitrogens with zero attached hydrogens (tertiary/aromatic N) is 4. The Morgan fingerprint density at radius 2 is 2.41 bits per heavy atom. The first-order valence-electron chi connectivity index (χ1n) is 5.01. The van der Waals surface area contributed by atoms with Crippen LogP contribution in [0.2, 0.25) is 0 Å². The minimum absolute atomic E-state index is 0.149. The maximum Gasteiger partial charge on any atom is 0.341 e. The number of anilines is 1. The van der Waals surface area contributed by atoms with E-state index in [0.29, 0.717) is 18.0 Å². The highest BCUT2D eigenvalue weighted by Gasteiger charge is 2.10. The molecular weight excluding hydrogens is 222 g/mol. The van der Waals surface area contributed by atoms with Crippen molar-refractivity contribution in [3.05, 3.63) is 30.2 Å². The van der Waals surface area contributed by atoms with Gasteiger partial charge in [-0.3, -0.25) is 0 Å². The Hall–Kier alpha value is -2.44.